The van der Waals surface area contributed by atoms with Crippen LogP contribution in [-0.2, 0) is 0 Å². The summed E-state index contributed by atoms with van der Waals surface area (Å²) in [6.07, 6.45) is 11.6. The van der Waals surface area contributed by atoms with Gasteiger partial charge in [0.25, 0.3) is 0 Å². The van der Waals surface area contributed by atoms with Crippen LogP contribution in [0.4, 0.5) is 0 Å². The molecule has 0 N–H and O–H groups in total. The number of hydrogen-bond donors (Lipinski definition) is 0. The number of unbranched alkanes of at least 4 members (excludes halogenated alkanes) is 1. The maximum absolute atomic E-state index is 2.45. The van der Waals surface area contributed by atoms with Gasteiger partial charge in [-0.2, -0.15) is 0 Å². The zero-order valence-electron chi connectivity index (χ0n) is 9.74. The Morgan fingerprint density at radius 1 is 1.21 bits per heavy atom. The zero-order valence-corrected chi connectivity index (χ0v) is 9.74. The van der Waals surface area contributed by atoms with E-state index in [-0.39, 0.29) is 0 Å². The SMILES string of the molecule is CCCCN(C)CC1C=CC=CC1C. The summed E-state index contributed by atoms with van der Waals surface area (Å²) in [7, 11) is 2.23. The predicted octanol–water partition coefficient (Wildman–Crippen LogP) is 3.10. The fourth-order valence-corrected chi connectivity index (χ4v) is 1.87. The first kappa shape index (κ1) is 11.5. The molecule has 14 heavy (non-hydrogen) atoms. The van der Waals surface area contributed by atoms with Crippen LogP contribution in [0, 0.1) is 11.8 Å². The molecule has 0 amide bonds. The lowest BCUT2D eigenvalue weighted by molar-refractivity contribution is 0.272. The van der Waals surface area contributed by atoms with Crippen LogP contribution in [0.25, 0.3) is 0 Å². The topological polar surface area (TPSA) is 3.24 Å². The first-order chi connectivity index (χ1) is 6.74. The van der Waals surface area contributed by atoms with Crippen LogP contribution >= 0.6 is 0 Å². The molecule has 80 valence electrons. The van der Waals surface area contributed by atoms with Crippen molar-refractivity contribution in [2.24, 2.45) is 11.8 Å². The average Bonchev–Trinajstić information content (AvgIpc) is 2.18. The molecule has 0 aromatic carbocycles. The van der Waals surface area contributed by atoms with E-state index in [4.69, 9.17) is 0 Å². The molecule has 0 radical (unpaired) electrons. The molecular weight excluding hydrogens is 170 g/mol. The van der Waals surface area contributed by atoms with Crippen LogP contribution in [0.15, 0.2) is 24.3 Å². The molecule has 0 saturated carbocycles. The van der Waals surface area contributed by atoms with E-state index in [0.717, 1.165) is 0 Å². The van der Waals surface area contributed by atoms with Gasteiger partial charge in [0, 0.05) is 6.54 Å². The van der Waals surface area contributed by atoms with Crippen molar-refractivity contribution in [3.63, 3.8) is 0 Å². The minimum absolute atomic E-state index is 0.698. The minimum atomic E-state index is 0.698. The molecule has 0 aliphatic heterocycles. The highest BCUT2D eigenvalue weighted by Crippen LogP contribution is 2.19. The Labute approximate surface area is 88.5 Å². The summed E-state index contributed by atoms with van der Waals surface area (Å²) >= 11 is 0. The van der Waals surface area contributed by atoms with Crippen molar-refractivity contribution in [2.45, 2.75) is 26.7 Å². The fraction of sp³-hybridized carbons (Fsp3) is 0.692. The third-order valence-corrected chi connectivity index (χ3v) is 2.98. The van der Waals surface area contributed by atoms with Gasteiger partial charge in [-0.15, -0.1) is 0 Å². The fourth-order valence-electron chi connectivity index (χ4n) is 1.87. The lowest BCUT2D eigenvalue weighted by atomic mass is 9.90. The average molecular weight is 193 g/mol. The van der Waals surface area contributed by atoms with Crippen molar-refractivity contribution in [2.75, 3.05) is 20.1 Å². The highest BCUT2D eigenvalue weighted by Gasteiger charge is 2.15. The first-order valence-electron chi connectivity index (χ1n) is 5.77. The molecule has 0 aromatic rings. The Hall–Kier alpha value is -0.560. The van der Waals surface area contributed by atoms with Crippen LogP contribution < -0.4 is 0 Å². The van der Waals surface area contributed by atoms with Crippen LogP contribution in [0.2, 0.25) is 0 Å². The van der Waals surface area contributed by atoms with Crippen molar-refractivity contribution >= 4 is 0 Å². The summed E-state index contributed by atoms with van der Waals surface area (Å²) in [5, 5.41) is 0. The number of rotatable bonds is 5. The maximum atomic E-state index is 2.45. The third kappa shape index (κ3) is 3.67. The van der Waals surface area contributed by atoms with Gasteiger partial charge < -0.3 is 4.90 Å². The summed E-state index contributed by atoms with van der Waals surface area (Å²) in [4.78, 5) is 2.45. The molecule has 1 aliphatic carbocycles. The minimum Gasteiger partial charge on any atom is -0.306 e. The lowest BCUT2D eigenvalue weighted by Crippen LogP contribution is -2.29. The van der Waals surface area contributed by atoms with E-state index in [0.29, 0.717) is 11.8 Å². The zero-order chi connectivity index (χ0) is 10.4. The van der Waals surface area contributed by atoms with Crippen LogP contribution in [0.5, 0.6) is 0 Å². The lowest BCUT2D eigenvalue weighted by Gasteiger charge is -2.26. The monoisotopic (exact) mass is 193 g/mol. The molecule has 2 atom stereocenters. The van der Waals surface area contributed by atoms with Crippen LogP contribution in [-0.4, -0.2) is 25.0 Å². The number of hydrogen-bond acceptors (Lipinski definition) is 1. The summed E-state index contributed by atoms with van der Waals surface area (Å²) in [6.45, 7) is 6.98. The molecule has 1 heteroatoms. The van der Waals surface area contributed by atoms with Crippen molar-refractivity contribution < 1.29 is 0 Å². The van der Waals surface area contributed by atoms with Gasteiger partial charge in [0.15, 0.2) is 0 Å². The van der Waals surface area contributed by atoms with Crippen molar-refractivity contribution in [3.8, 4) is 0 Å². The van der Waals surface area contributed by atoms with E-state index in [1.54, 1.807) is 0 Å². The van der Waals surface area contributed by atoms with Gasteiger partial charge in [0.2, 0.25) is 0 Å². The van der Waals surface area contributed by atoms with Gasteiger partial charge >= 0.3 is 0 Å². The van der Waals surface area contributed by atoms with Crippen molar-refractivity contribution in [1.82, 2.24) is 4.90 Å². The summed E-state index contributed by atoms with van der Waals surface area (Å²) in [5.41, 5.74) is 0. The second-order valence-electron chi connectivity index (χ2n) is 4.41. The molecule has 1 rings (SSSR count). The largest absolute Gasteiger partial charge is 0.306 e. The van der Waals surface area contributed by atoms with E-state index < -0.39 is 0 Å². The van der Waals surface area contributed by atoms with E-state index in [1.807, 2.05) is 0 Å². The van der Waals surface area contributed by atoms with Crippen LogP contribution in [0.1, 0.15) is 26.7 Å². The highest BCUT2D eigenvalue weighted by atomic mass is 15.1. The number of nitrogens with zero attached hydrogens (tertiary/aromatic N) is 1. The van der Waals surface area contributed by atoms with Gasteiger partial charge in [-0.25, -0.2) is 0 Å². The molecule has 0 bridgehead atoms. The van der Waals surface area contributed by atoms with Gasteiger partial charge in [0.05, 0.1) is 0 Å². The Morgan fingerprint density at radius 3 is 2.57 bits per heavy atom. The molecule has 0 saturated heterocycles. The van der Waals surface area contributed by atoms with Gasteiger partial charge in [-0.05, 0) is 31.8 Å². The quantitative estimate of drug-likeness (QED) is 0.648. The van der Waals surface area contributed by atoms with Gasteiger partial charge in [0.1, 0.15) is 0 Å². The van der Waals surface area contributed by atoms with Crippen molar-refractivity contribution in [3.05, 3.63) is 24.3 Å². The molecule has 1 nitrogen and oxygen atoms in total. The Kier molecular flexibility index (Phi) is 4.95. The van der Waals surface area contributed by atoms with Crippen LogP contribution in [0.3, 0.4) is 0 Å². The summed E-state index contributed by atoms with van der Waals surface area (Å²) < 4.78 is 0. The Balaban J connectivity index is 2.29. The molecule has 0 fully saturated rings. The highest BCUT2D eigenvalue weighted by molar-refractivity contribution is 5.13. The van der Waals surface area contributed by atoms with E-state index >= 15 is 0 Å². The second-order valence-corrected chi connectivity index (χ2v) is 4.41. The third-order valence-electron chi connectivity index (χ3n) is 2.98. The summed E-state index contributed by atoms with van der Waals surface area (Å²) in [5.74, 6) is 1.41. The Morgan fingerprint density at radius 2 is 1.93 bits per heavy atom. The van der Waals surface area contributed by atoms with E-state index in [9.17, 15) is 0 Å². The molecular formula is C13H23N. The smallest absolute Gasteiger partial charge is 0.00470 e. The number of allylic oxidation sites excluding steroid dienone is 3. The molecule has 0 spiro atoms. The normalized spacial score (nSPS) is 26.0. The van der Waals surface area contributed by atoms with E-state index in [2.05, 4.69) is 50.1 Å². The maximum Gasteiger partial charge on any atom is 0.00470 e. The van der Waals surface area contributed by atoms with Crippen molar-refractivity contribution in [1.29, 1.82) is 0 Å². The first-order valence-corrected chi connectivity index (χ1v) is 5.77. The van der Waals surface area contributed by atoms with Gasteiger partial charge in [-0.3, -0.25) is 0 Å². The standard InChI is InChI=1S/C13H23N/c1-4-5-10-14(3)11-13-9-7-6-8-12(13)2/h6-9,12-13H,4-5,10-11H2,1-3H3. The summed E-state index contributed by atoms with van der Waals surface area (Å²) in [6, 6.07) is 0. The second kappa shape index (κ2) is 6.02. The molecule has 0 heterocycles. The van der Waals surface area contributed by atoms with E-state index in [1.165, 1.54) is 25.9 Å². The Bertz CT molecular complexity index is 205. The molecule has 1 aliphatic rings. The molecule has 0 aromatic heterocycles. The van der Waals surface area contributed by atoms with Gasteiger partial charge in [-0.1, -0.05) is 44.6 Å². The predicted molar refractivity (Wildman–Crippen MR) is 63.3 cm³/mol. The molecule has 2 unspecified atom stereocenters.